The highest BCUT2D eigenvalue weighted by Gasteiger charge is 2.27. The quantitative estimate of drug-likeness (QED) is 0.827. The van der Waals surface area contributed by atoms with Crippen LogP contribution >= 0.6 is 0 Å². The van der Waals surface area contributed by atoms with Crippen LogP contribution in [0.5, 0.6) is 11.5 Å². The van der Waals surface area contributed by atoms with Crippen LogP contribution in [-0.2, 0) is 9.59 Å². The number of aldehydes is 1. The van der Waals surface area contributed by atoms with Crippen molar-refractivity contribution < 1.29 is 19.1 Å². The van der Waals surface area contributed by atoms with Crippen LogP contribution in [0.4, 0.5) is 5.69 Å². The third kappa shape index (κ3) is 3.40. The molecule has 124 valence electrons. The number of ether oxygens (including phenoxy) is 2. The van der Waals surface area contributed by atoms with Gasteiger partial charge in [0.1, 0.15) is 6.29 Å². The predicted molar refractivity (Wildman–Crippen MR) is 90.2 cm³/mol. The maximum atomic E-state index is 12.6. The third-order valence-corrected chi connectivity index (χ3v) is 4.25. The van der Waals surface area contributed by atoms with Crippen LogP contribution in [0.15, 0.2) is 48.5 Å². The summed E-state index contributed by atoms with van der Waals surface area (Å²) in [6.07, 6.45) is 0.951. The van der Waals surface area contributed by atoms with Crippen molar-refractivity contribution in [3.8, 4) is 11.5 Å². The monoisotopic (exact) mass is 325 g/mol. The number of carbonyl (C=O) groups is 2. The Hall–Kier alpha value is -2.82. The molecule has 0 saturated carbocycles. The Bertz CT molecular complexity index is 729. The van der Waals surface area contributed by atoms with Gasteiger partial charge in [-0.15, -0.1) is 0 Å². The fourth-order valence-electron chi connectivity index (χ4n) is 2.83. The zero-order chi connectivity index (χ0) is 16.9. The molecule has 2 aromatic rings. The summed E-state index contributed by atoms with van der Waals surface area (Å²) >= 11 is 0. The van der Waals surface area contributed by atoms with E-state index in [9.17, 15) is 9.59 Å². The number of carbonyl (C=O) groups excluding carboxylic acids is 2. The molecule has 1 aliphatic heterocycles. The standard InChI is InChI=1S/C19H19NO4/c1-13(14-7-8-17-18(11-14)24-12-23-17)16(9-10-21)19(22)20-15-5-3-2-4-6-15/h2-8,10-11,13,16H,9,12H2,1H3,(H,20,22). The first-order valence-electron chi connectivity index (χ1n) is 7.88. The molecule has 1 N–H and O–H groups in total. The summed E-state index contributed by atoms with van der Waals surface area (Å²) in [6, 6.07) is 14.8. The molecule has 0 radical (unpaired) electrons. The number of rotatable bonds is 6. The molecular weight excluding hydrogens is 306 g/mol. The summed E-state index contributed by atoms with van der Waals surface area (Å²) in [5, 5.41) is 2.88. The van der Waals surface area contributed by atoms with E-state index in [-0.39, 0.29) is 25.0 Å². The molecule has 0 aromatic heterocycles. The number of fused-ring (bicyclic) bond motifs is 1. The fraction of sp³-hybridized carbons (Fsp3) is 0.263. The van der Waals surface area contributed by atoms with Gasteiger partial charge in [-0.2, -0.15) is 0 Å². The molecule has 2 unspecified atom stereocenters. The number of anilines is 1. The number of amides is 1. The Morgan fingerprint density at radius 3 is 2.67 bits per heavy atom. The number of nitrogens with one attached hydrogen (secondary N) is 1. The van der Waals surface area contributed by atoms with Gasteiger partial charge in [0.05, 0.1) is 5.92 Å². The van der Waals surface area contributed by atoms with Gasteiger partial charge in [0.2, 0.25) is 12.7 Å². The summed E-state index contributed by atoms with van der Waals surface area (Å²) < 4.78 is 10.7. The van der Waals surface area contributed by atoms with E-state index in [4.69, 9.17) is 9.47 Å². The van der Waals surface area contributed by atoms with Gasteiger partial charge >= 0.3 is 0 Å². The first-order valence-corrected chi connectivity index (χ1v) is 7.88. The summed E-state index contributed by atoms with van der Waals surface area (Å²) in [7, 11) is 0. The lowest BCUT2D eigenvalue weighted by Crippen LogP contribution is -2.27. The smallest absolute Gasteiger partial charge is 0.231 e. The Morgan fingerprint density at radius 2 is 1.92 bits per heavy atom. The van der Waals surface area contributed by atoms with Crippen molar-refractivity contribution in [3.63, 3.8) is 0 Å². The minimum Gasteiger partial charge on any atom is -0.454 e. The van der Waals surface area contributed by atoms with Gasteiger partial charge in [0, 0.05) is 12.1 Å². The van der Waals surface area contributed by atoms with Crippen LogP contribution in [0.25, 0.3) is 0 Å². The van der Waals surface area contributed by atoms with Crippen LogP contribution in [0.3, 0.4) is 0 Å². The molecule has 5 heteroatoms. The SMILES string of the molecule is CC(c1ccc2c(c1)OCO2)C(CC=O)C(=O)Nc1ccccc1. The van der Waals surface area contributed by atoms with Crippen LogP contribution in [0.1, 0.15) is 24.8 Å². The molecule has 1 amide bonds. The van der Waals surface area contributed by atoms with E-state index in [0.29, 0.717) is 11.5 Å². The van der Waals surface area contributed by atoms with E-state index in [1.807, 2.05) is 55.5 Å². The van der Waals surface area contributed by atoms with Crippen LogP contribution < -0.4 is 14.8 Å². The van der Waals surface area contributed by atoms with Crippen LogP contribution in [-0.4, -0.2) is 19.0 Å². The molecule has 1 heterocycles. The summed E-state index contributed by atoms with van der Waals surface area (Å²) in [5.74, 6) is 0.620. The highest BCUT2D eigenvalue weighted by Crippen LogP contribution is 2.37. The molecule has 1 aliphatic rings. The zero-order valence-electron chi connectivity index (χ0n) is 13.4. The molecule has 0 bridgehead atoms. The van der Waals surface area contributed by atoms with E-state index in [1.165, 1.54) is 0 Å². The predicted octanol–water partition coefficient (Wildman–Crippen LogP) is 3.36. The largest absolute Gasteiger partial charge is 0.454 e. The molecule has 0 spiro atoms. The lowest BCUT2D eigenvalue weighted by Gasteiger charge is -2.22. The Labute approximate surface area is 140 Å². The molecule has 5 nitrogen and oxygen atoms in total. The second-order valence-electron chi connectivity index (χ2n) is 5.77. The lowest BCUT2D eigenvalue weighted by atomic mass is 9.84. The van der Waals surface area contributed by atoms with Crippen molar-refractivity contribution >= 4 is 17.9 Å². The summed E-state index contributed by atoms with van der Waals surface area (Å²) in [5.41, 5.74) is 1.66. The van der Waals surface area contributed by atoms with E-state index in [1.54, 1.807) is 0 Å². The molecule has 0 saturated heterocycles. The topological polar surface area (TPSA) is 64.6 Å². The van der Waals surface area contributed by atoms with Gasteiger partial charge in [0.15, 0.2) is 11.5 Å². The van der Waals surface area contributed by atoms with E-state index >= 15 is 0 Å². The minimum absolute atomic E-state index is 0.131. The second-order valence-corrected chi connectivity index (χ2v) is 5.77. The van der Waals surface area contributed by atoms with Crippen molar-refractivity contribution in [3.05, 3.63) is 54.1 Å². The van der Waals surface area contributed by atoms with Crippen molar-refractivity contribution in [2.24, 2.45) is 5.92 Å². The number of benzene rings is 2. The summed E-state index contributed by atoms with van der Waals surface area (Å²) in [6.45, 7) is 2.15. The molecule has 2 aromatic carbocycles. The zero-order valence-corrected chi connectivity index (χ0v) is 13.4. The minimum atomic E-state index is -0.455. The third-order valence-electron chi connectivity index (χ3n) is 4.25. The maximum absolute atomic E-state index is 12.6. The number of para-hydroxylation sites is 1. The van der Waals surface area contributed by atoms with Crippen molar-refractivity contribution in [1.82, 2.24) is 0 Å². The van der Waals surface area contributed by atoms with Gasteiger partial charge in [-0.3, -0.25) is 4.79 Å². The first-order chi connectivity index (χ1) is 11.7. The van der Waals surface area contributed by atoms with E-state index in [2.05, 4.69) is 5.32 Å². The number of hydrogen-bond acceptors (Lipinski definition) is 4. The van der Waals surface area contributed by atoms with Gasteiger partial charge < -0.3 is 19.6 Å². The second kappa shape index (κ2) is 7.17. The van der Waals surface area contributed by atoms with Crippen LogP contribution in [0.2, 0.25) is 0 Å². The fourth-order valence-corrected chi connectivity index (χ4v) is 2.83. The molecular formula is C19H19NO4. The first kappa shape index (κ1) is 16.1. The average Bonchev–Trinajstić information content (AvgIpc) is 3.07. The van der Waals surface area contributed by atoms with Crippen LogP contribution in [0, 0.1) is 5.92 Å². The van der Waals surface area contributed by atoms with Gasteiger partial charge in [-0.05, 0) is 35.7 Å². The van der Waals surface area contributed by atoms with Gasteiger partial charge in [0.25, 0.3) is 0 Å². The highest BCUT2D eigenvalue weighted by molar-refractivity contribution is 5.94. The molecule has 24 heavy (non-hydrogen) atoms. The van der Waals surface area contributed by atoms with Gasteiger partial charge in [-0.25, -0.2) is 0 Å². The Morgan fingerprint density at radius 1 is 1.17 bits per heavy atom. The van der Waals surface area contributed by atoms with Crippen molar-refractivity contribution in [2.75, 3.05) is 12.1 Å². The molecule has 0 aliphatic carbocycles. The van der Waals surface area contributed by atoms with Gasteiger partial charge in [-0.1, -0.05) is 31.2 Å². The molecule has 0 fully saturated rings. The van der Waals surface area contributed by atoms with E-state index < -0.39 is 5.92 Å². The van der Waals surface area contributed by atoms with E-state index in [0.717, 1.165) is 17.5 Å². The lowest BCUT2D eigenvalue weighted by molar-refractivity contribution is -0.123. The van der Waals surface area contributed by atoms with Crippen molar-refractivity contribution in [2.45, 2.75) is 19.3 Å². The Kier molecular flexibility index (Phi) is 4.79. The normalized spacial score (nSPS) is 14.7. The maximum Gasteiger partial charge on any atom is 0.231 e. The highest BCUT2D eigenvalue weighted by atomic mass is 16.7. The summed E-state index contributed by atoms with van der Waals surface area (Å²) in [4.78, 5) is 23.7. The molecule has 3 rings (SSSR count). The Balaban J connectivity index is 1.79. The average molecular weight is 325 g/mol. The molecule has 2 atom stereocenters. The van der Waals surface area contributed by atoms with Crippen molar-refractivity contribution in [1.29, 1.82) is 0 Å². The number of hydrogen-bond donors (Lipinski definition) is 1.